The fourth-order valence-corrected chi connectivity index (χ4v) is 5.72. The predicted molar refractivity (Wildman–Crippen MR) is 139 cm³/mol. The lowest BCUT2D eigenvalue weighted by Crippen LogP contribution is -2.47. The van der Waals surface area contributed by atoms with E-state index < -0.39 is 69.4 Å². The van der Waals surface area contributed by atoms with Crippen molar-refractivity contribution in [3.63, 3.8) is 0 Å². The summed E-state index contributed by atoms with van der Waals surface area (Å²) >= 11 is 0. The molecule has 2 atom stereocenters. The second-order valence-electron chi connectivity index (χ2n) is 10.4. The number of nitrogens with zero attached hydrogens (tertiary/aromatic N) is 2. The Hall–Kier alpha value is -3.20. The summed E-state index contributed by atoms with van der Waals surface area (Å²) in [5.41, 5.74) is -2.34. The molecule has 0 saturated carbocycles. The molecule has 0 radical (unpaired) electrons. The Morgan fingerprint density at radius 1 is 1.02 bits per heavy atom. The number of hydrogen-bond acceptors (Lipinski definition) is 4. The zero-order valence-electron chi connectivity index (χ0n) is 22.7. The molecule has 0 aliphatic carbocycles. The molecule has 1 heterocycles. The van der Waals surface area contributed by atoms with Gasteiger partial charge in [0, 0.05) is 44.9 Å². The quantitative estimate of drug-likeness (QED) is 0.425. The first-order chi connectivity index (χ1) is 19.3. The van der Waals surface area contributed by atoms with E-state index in [-0.39, 0.29) is 49.9 Å². The number of alkyl halides is 6. The molecule has 7 nitrogen and oxygen atoms in total. The molecule has 2 aromatic rings. The molecule has 15 heteroatoms. The highest BCUT2D eigenvalue weighted by Crippen LogP contribution is 2.38. The molecule has 0 bridgehead atoms. The van der Waals surface area contributed by atoms with Gasteiger partial charge in [-0.2, -0.15) is 26.3 Å². The van der Waals surface area contributed by atoms with Crippen LogP contribution in [0.3, 0.4) is 0 Å². The topological polar surface area (TPSA) is 101 Å². The minimum Gasteiger partial charge on any atom is -0.342 e. The van der Waals surface area contributed by atoms with Crippen LogP contribution < -0.4 is 5.14 Å². The van der Waals surface area contributed by atoms with E-state index >= 15 is 0 Å². The van der Waals surface area contributed by atoms with Crippen molar-refractivity contribution < 1.29 is 48.7 Å². The van der Waals surface area contributed by atoms with Gasteiger partial charge in [-0.25, -0.2) is 17.9 Å². The Balaban J connectivity index is 1.88. The lowest BCUT2D eigenvalue weighted by atomic mass is 9.78. The third kappa shape index (κ3) is 8.66. The predicted octanol–water partition coefficient (Wildman–Crippen LogP) is 4.83. The van der Waals surface area contributed by atoms with Gasteiger partial charge in [0.25, 0.3) is 0 Å². The summed E-state index contributed by atoms with van der Waals surface area (Å²) in [5.74, 6) is -3.40. The molecule has 0 spiro atoms. The van der Waals surface area contributed by atoms with Gasteiger partial charge in [0.15, 0.2) is 0 Å². The van der Waals surface area contributed by atoms with Gasteiger partial charge >= 0.3 is 12.4 Å². The van der Waals surface area contributed by atoms with Crippen LogP contribution in [-0.4, -0.2) is 55.9 Å². The highest BCUT2D eigenvalue weighted by atomic mass is 32.2. The van der Waals surface area contributed by atoms with Crippen LogP contribution in [0.2, 0.25) is 0 Å². The summed E-state index contributed by atoms with van der Waals surface area (Å²) in [6.45, 7) is 1.16. The molecule has 1 saturated heterocycles. The largest absolute Gasteiger partial charge is 0.416 e. The number of hydrogen-bond donors (Lipinski definition) is 1. The van der Waals surface area contributed by atoms with E-state index in [2.05, 4.69) is 0 Å². The molecule has 2 amide bonds. The number of primary sulfonamides is 1. The number of piperidine rings is 1. The van der Waals surface area contributed by atoms with Crippen LogP contribution in [0, 0.1) is 18.7 Å². The molecule has 0 aromatic heterocycles. The maximum atomic E-state index is 13.9. The molecular weight excluding hydrogens is 595 g/mol. The summed E-state index contributed by atoms with van der Waals surface area (Å²) < 4.78 is 116. The van der Waals surface area contributed by atoms with Crippen molar-refractivity contribution in [2.45, 2.75) is 51.0 Å². The summed E-state index contributed by atoms with van der Waals surface area (Å²) in [6, 6.07) is 5.02. The Kier molecular flexibility index (Phi) is 9.97. The highest BCUT2D eigenvalue weighted by Gasteiger charge is 2.40. The zero-order chi connectivity index (χ0) is 31.6. The fourth-order valence-electron chi connectivity index (χ4n) is 5.17. The van der Waals surface area contributed by atoms with Gasteiger partial charge in [-0.3, -0.25) is 9.59 Å². The van der Waals surface area contributed by atoms with Gasteiger partial charge < -0.3 is 9.80 Å². The average molecular weight is 626 g/mol. The molecule has 1 aliphatic rings. The van der Waals surface area contributed by atoms with E-state index in [0.29, 0.717) is 23.3 Å². The number of sulfonamides is 1. The van der Waals surface area contributed by atoms with Crippen LogP contribution in [0.4, 0.5) is 30.7 Å². The number of benzene rings is 2. The van der Waals surface area contributed by atoms with Gasteiger partial charge in [0.1, 0.15) is 5.82 Å². The van der Waals surface area contributed by atoms with E-state index in [1.165, 1.54) is 30.1 Å². The van der Waals surface area contributed by atoms with E-state index in [1.54, 1.807) is 6.92 Å². The van der Waals surface area contributed by atoms with E-state index in [1.807, 2.05) is 0 Å². The van der Waals surface area contributed by atoms with Crippen LogP contribution in [-0.2, 0) is 38.5 Å². The van der Waals surface area contributed by atoms with E-state index in [9.17, 15) is 48.7 Å². The summed E-state index contributed by atoms with van der Waals surface area (Å²) in [7, 11) is -2.51. The van der Waals surface area contributed by atoms with Crippen LogP contribution in [0.15, 0.2) is 36.4 Å². The molecule has 42 heavy (non-hydrogen) atoms. The number of aryl methyl sites for hydroxylation is 1. The van der Waals surface area contributed by atoms with Crippen molar-refractivity contribution in [2.75, 3.05) is 25.9 Å². The maximum Gasteiger partial charge on any atom is 0.416 e. The molecule has 2 aromatic carbocycles. The normalized spacial score (nSPS) is 18.2. The number of carbonyl (C=O) groups excluding carboxylic acids is 2. The standard InChI is InChI=1S/C27H30F7N3O4S/c1-16-10-20(28)5-6-21(16)23-15-37(24(38)4-3-9-42(35,40)41)8-7-22(23)25(39)36(2)14-17-11-18(26(29,30)31)13-19(12-17)27(32,33)34/h5-6,10-13,22-23H,3-4,7-9,14-15H2,1-2H3,(H2,35,40,41)/t22-,23+/m1/s1. The monoisotopic (exact) mass is 625 g/mol. The lowest BCUT2D eigenvalue weighted by molar-refractivity contribution is -0.143. The van der Waals surface area contributed by atoms with Crippen LogP contribution >= 0.6 is 0 Å². The summed E-state index contributed by atoms with van der Waals surface area (Å²) in [5, 5.41) is 4.98. The molecule has 3 rings (SSSR count). The molecule has 2 N–H and O–H groups in total. The first-order valence-electron chi connectivity index (χ1n) is 12.8. The van der Waals surface area contributed by atoms with E-state index in [0.717, 1.165) is 4.90 Å². The summed E-state index contributed by atoms with van der Waals surface area (Å²) in [6.07, 6.45) is -10.1. The Morgan fingerprint density at radius 2 is 1.62 bits per heavy atom. The number of likely N-dealkylation sites (tertiary alicyclic amines) is 1. The molecule has 1 aliphatic heterocycles. The second-order valence-corrected chi connectivity index (χ2v) is 12.2. The molecule has 1 fully saturated rings. The van der Waals surface area contributed by atoms with Crippen molar-refractivity contribution in [1.82, 2.24) is 9.80 Å². The van der Waals surface area contributed by atoms with Gasteiger partial charge in [-0.05, 0) is 66.8 Å². The van der Waals surface area contributed by atoms with Crippen LogP contribution in [0.25, 0.3) is 0 Å². The van der Waals surface area contributed by atoms with E-state index in [4.69, 9.17) is 5.14 Å². The SMILES string of the molecule is Cc1cc(F)ccc1[C@@H]1CN(C(=O)CCCS(N)(=O)=O)CC[C@H]1C(=O)N(C)Cc1cc(C(F)(F)F)cc(C(F)(F)F)c1. The first-order valence-corrected chi connectivity index (χ1v) is 14.6. The lowest BCUT2D eigenvalue weighted by Gasteiger charge is -2.40. The Labute approximate surface area is 238 Å². The first kappa shape index (κ1) is 33.3. The maximum absolute atomic E-state index is 13.9. The van der Waals surface area contributed by atoms with Crippen molar-refractivity contribution in [3.05, 3.63) is 70.0 Å². The Bertz CT molecular complexity index is 1400. The summed E-state index contributed by atoms with van der Waals surface area (Å²) in [4.78, 5) is 28.9. The van der Waals surface area contributed by atoms with Crippen molar-refractivity contribution in [1.29, 1.82) is 0 Å². The van der Waals surface area contributed by atoms with Crippen molar-refractivity contribution in [3.8, 4) is 0 Å². The fraction of sp³-hybridized carbons (Fsp3) is 0.481. The number of carbonyl (C=O) groups is 2. The van der Waals surface area contributed by atoms with Gasteiger partial charge in [-0.1, -0.05) is 6.07 Å². The molecule has 0 unspecified atom stereocenters. The smallest absolute Gasteiger partial charge is 0.342 e. The molecule has 232 valence electrons. The highest BCUT2D eigenvalue weighted by molar-refractivity contribution is 7.89. The van der Waals surface area contributed by atoms with Gasteiger partial charge in [-0.15, -0.1) is 0 Å². The number of rotatable bonds is 8. The van der Waals surface area contributed by atoms with Gasteiger partial charge in [0.2, 0.25) is 21.8 Å². The number of halogens is 7. The van der Waals surface area contributed by atoms with Crippen LogP contribution in [0.5, 0.6) is 0 Å². The third-order valence-electron chi connectivity index (χ3n) is 7.18. The minimum atomic E-state index is -5.04. The van der Waals surface area contributed by atoms with Crippen molar-refractivity contribution in [2.24, 2.45) is 11.1 Å². The van der Waals surface area contributed by atoms with Crippen LogP contribution in [0.1, 0.15) is 53.0 Å². The average Bonchev–Trinajstić information content (AvgIpc) is 2.86. The zero-order valence-corrected chi connectivity index (χ0v) is 23.5. The molecular formula is C27H30F7N3O4S. The minimum absolute atomic E-state index is 0.00665. The third-order valence-corrected chi connectivity index (χ3v) is 8.03. The number of nitrogens with two attached hydrogens (primary N) is 1. The van der Waals surface area contributed by atoms with Gasteiger partial charge in [0.05, 0.1) is 16.9 Å². The van der Waals surface area contributed by atoms with Crippen molar-refractivity contribution >= 4 is 21.8 Å². The second kappa shape index (κ2) is 12.6. The number of amides is 2. The Morgan fingerprint density at radius 3 is 2.14 bits per heavy atom.